The van der Waals surface area contributed by atoms with E-state index in [2.05, 4.69) is 6.92 Å². The molecule has 0 heterocycles. The van der Waals surface area contributed by atoms with Crippen LogP contribution in [0.15, 0.2) is 24.3 Å². The van der Waals surface area contributed by atoms with Crippen LogP contribution in [0.1, 0.15) is 107 Å². The second-order valence-electron chi connectivity index (χ2n) is 12.0. The molecule has 0 aliphatic heterocycles. The molecular weight excluding hydrogens is 644 g/mol. The van der Waals surface area contributed by atoms with Gasteiger partial charge in [0.15, 0.2) is 0 Å². The number of unbranched alkanes of at least 4 members (excludes halogenated alkanes) is 12. The molecule has 0 unspecified atom stereocenters. The number of carbonyl (C=O) groups excluding carboxylic acids is 2. The van der Waals surface area contributed by atoms with E-state index in [1.165, 1.54) is 70.6 Å². The van der Waals surface area contributed by atoms with E-state index in [4.69, 9.17) is 42.6 Å². The number of carbonyl (C=O) groups is 2. The van der Waals surface area contributed by atoms with Crippen LogP contribution in [0.3, 0.4) is 0 Å². The van der Waals surface area contributed by atoms with Gasteiger partial charge in [-0.3, -0.25) is 9.59 Å². The molecule has 50 heavy (non-hydrogen) atoms. The van der Waals surface area contributed by atoms with Gasteiger partial charge in [0.1, 0.15) is 25.2 Å². The van der Waals surface area contributed by atoms with E-state index in [-0.39, 0.29) is 12.6 Å². The molecule has 0 bridgehead atoms. The lowest BCUT2D eigenvalue weighted by Gasteiger charge is -2.09. The summed E-state index contributed by atoms with van der Waals surface area (Å²) in [5.41, 5.74) is 0.618. The van der Waals surface area contributed by atoms with E-state index < -0.39 is 0 Å². The highest BCUT2D eigenvalue weighted by molar-refractivity contribution is 5.74. The molecule has 1 rings (SSSR count). The second-order valence-corrected chi connectivity index (χ2v) is 12.0. The molecule has 11 heteroatoms. The van der Waals surface area contributed by atoms with Gasteiger partial charge >= 0.3 is 5.97 Å². The van der Waals surface area contributed by atoms with E-state index in [0.717, 1.165) is 19.1 Å². The molecular formula is C39H68O11. The van der Waals surface area contributed by atoms with E-state index in [1.54, 1.807) is 24.3 Å². The third kappa shape index (κ3) is 33.0. The molecule has 0 aromatic heterocycles. The predicted molar refractivity (Wildman–Crippen MR) is 194 cm³/mol. The highest BCUT2D eigenvalue weighted by atomic mass is 16.6. The molecule has 0 radical (unpaired) electrons. The zero-order valence-electron chi connectivity index (χ0n) is 31.1. The van der Waals surface area contributed by atoms with Gasteiger partial charge in [0, 0.05) is 12.0 Å². The van der Waals surface area contributed by atoms with Gasteiger partial charge in [0.05, 0.1) is 92.5 Å². The van der Waals surface area contributed by atoms with Gasteiger partial charge in [-0.2, -0.15) is 0 Å². The summed E-state index contributed by atoms with van der Waals surface area (Å²) in [5.74, 6) is 0.570. The Labute approximate surface area is 302 Å². The quantitative estimate of drug-likeness (QED) is 0.0397. The summed E-state index contributed by atoms with van der Waals surface area (Å²) in [6, 6.07) is 6.94. The summed E-state index contributed by atoms with van der Waals surface area (Å²) in [4.78, 5) is 22.5. The van der Waals surface area contributed by atoms with Crippen LogP contribution in [-0.4, -0.2) is 118 Å². The fourth-order valence-corrected chi connectivity index (χ4v) is 4.86. The Hall–Kier alpha value is -2.12. The van der Waals surface area contributed by atoms with Crippen molar-refractivity contribution in [2.24, 2.45) is 0 Å². The lowest BCUT2D eigenvalue weighted by molar-refractivity contribution is -0.145. The molecule has 0 aliphatic carbocycles. The first-order valence-corrected chi connectivity index (χ1v) is 19.1. The normalized spacial score (nSPS) is 11.2. The van der Waals surface area contributed by atoms with Crippen LogP contribution in [-0.2, 0) is 42.7 Å². The molecule has 0 atom stereocenters. The van der Waals surface area contributed by atoms with Crippen LogP contribution in [0.5, 0.6) is 5.75 Å². The van der Waals surface area contributed by atoms with Gasteiger partial charge in [-0.1, -0.05) is 84.0 Å². The SMILES string of the molecule is CCCCCCCCCCCCCCCC(=O)OCCOCCOCCOCCOCCOCCOCCOCCOc1ccc(C=O)cc1. The first-order valence-electron chi connectivity index (χ1n) is 19.1. The zero-order valence-corrected chi connectivity index (χ0v) is 31.1. The number of benzene rings is 1. The molecule has 0 amide bonds. The topological polar surface area (TPSA) is 117 Å². The lowest BCUT2D eigenvalue weighted by atomic mass is 10.0. The van der Waals surface area contributed by atoms with Crippen molar-refractivity contribution in [1.29, 1.82) is 0 Å². The summed E-state index contributed by atoms with van der Waals surface area (Å²) in [5, 5.41) is 0. The van der Waals surface area contributed by atoms with E-state index in [0.29, 0.717) is 117 Å². The molecule has 11 nitrogen and oxygen atoms in total. The molecule has 1 aromatic rings. The minimum Gasteiger partial charge on any atom is -0.491 e. The fraction of sp³-hybridized carbons (Fsp3) is 0.795. The Morgan fingerprint density at radius 1 is 0.460 bits per heavy atom. The van der Waals surface area contributed by atoms with Crippen LogP contribution >= 0.6 is 0 Å². The van der Waals surface area contributed by atoms with E-state index >= 15 is 0 Å². The Kier molecular flexibility index (Phi) is 35.0. The summed E-state index contributed by atoms with van der Waals surface area (Å²) in [7, 11) is 0. The number of aldehydes is 1. The van der Waals surface area contributed by atoms with E-state index in [9.17, 15) is 9.59 Å². The van der Waals surface area contributed by atoms with Crippen molar-refractivity contribution in [3.8, 4) is 5.75 Å². The average Bonchev–Trinajstić information content (AvgIpc) is 3.13. The molecule has 0 spiro atoms. The van der Waals surface area contributed by atoms with Crippen LogP contribution in [0, 0.1) is 0 Å². The molecule has 0 N–H and O–H groups in total. The first kappa shape index (κ1) is 45.9. The van der Waals surface area contributed by atoms with Gasteiger partial charge in [0.2, 0.25) is 0 Å². The fourth-order valence-electron chi connectivity index (χ4n) is 4.86. The van der Waals surface area contributed by atoms with Crippen molar-refractivity contribution >= 4 is 12.3 Å². The third-order valence-corrected chi connectivity index (χ3v) is 7.72. The number of esters is 1. The lowest BCUT2D eigenvalue weighted by Crippen LogP contribution is -2.15. The molecule has 0 saturated carbocycles. The van der Waals surface area contributed by atoms with Crippen LogP contribution in [0.4, 0.5) is 0 Å². The second kappa shape index (κ2) is 38.1. The van der Waals surface area contributed by atoms with Gasteiger partial charge in [0.25, 0.3) is 0 Å². The Morgan fingerprint density at radius 3 is 1.18 bits per heavy atom. The maximum Gasteiger partial charge on any atom is 0.305 e. The van der Waals surface area contributed by atoms with Crippen LogP contribution in [0.2, 0.25) is 0 Å². The minimum absolute atomic E-state index is 0.134. The number of ether oxygens (including phenoxy) is 9. The summed E-state index contributed by atoms with van der Waals surface area (Å²) in [6.07, 6.45) is 18.1. The van der Waals surface area contributed by atoms with Gasteiger partial charge in [-0.05, 0) is 30.7 Å². The van der Waals surface area contributed by atoms with Gasteiger partial charge in [-0.15, -0.1) is 0 Å². The molecule has 290 valence electrons. The highest BCUT2D eigenvalue weighted by Crippen LogP contribution is 2.13. The predicted octanol–water partition coefficient (Wildman–Crippen LogP) is 7.02. The molecule has 0 fully saturated rings. The van der Waals surface area contributed by atoms with Crippen LogP contribution in [0.25, 0.3) is 0 Å². The Bertz CT molecular complexity index is 853. The van der Waals surface area contributed by atoms with E-state index in [1.807, 2.05) is 0 Å². The van der Waals surface area contributed by atoms with Gasteiger partial charge in [-0.25, -0.2) is 0 Å². The third-order valence-electron chi connectivity index (χ3n) is 7.72. The van der Waals surface area contributed by atoms with Crippen molar-refractivity contribution in [1.82, 2.24) is 0 Å². The Morgan fingerprint density at radius 2 is 0.800 bits per heavy atom. The highest BCUT2D eigenvalue weighted by Gasteiger charge is 2.03. The summed E-state index contributed by atoms with van der Waals surface area (Å²) >= 11 is 0. The number of hydrogen-bond donors (Lipinski definition) is 0. The zero-order chi connectivity index (χ0) is 35.8. The summed E-state index contributed by atoms with van der Waals surface area (Å²) < 4.78 is 49.1. The van der Waals surface area contributed by atoms with Crippen molar-refractivity contribution in [2.45, 2.75) is 96.8 Å². The molecule has 1 aromatic carbocycles. The molecule has 0 aliphatic rings. The number of hydrogen-bond acceptors (Lipinski definition) is 11. The van der Waals surface area contributed by atoms with Crippen LogP contribution < -0.4 is 4.74 Å². The maximum atomic E-state index is 11.9. The first-order chi connectivity index (χ1) is 24.8. The smallest absolute Gasteiger partial charge is 0.305 e. The maximum absolute atomic E-state index is 11.9. The van der Waals surface area contributed by atoms with Gasteiger partial charge < -0.3 is 42.6 Å². The molecule has 0 saturated heterocycles. The largest absolute Gasteiger partial charge is 0.491 e. The standard InChI is InChI=1S/C39H68O11/c1-2-3-4-5-6-7-8-9-10-11-12-13-14-15-39(41)50-35-33-48-31-29-46-27-25-44-23-21-42-20-22-43-24-26-45-28-30-47-32-34-49-38-18-16-37(36-40)17-19-38/h16-19,36H,2-15,20-35H2,1H3. The average molecular weight is 713 g/mol. The summed E-state index contributed by atoms with van der Waals surface area (Å²) in [6.45, 7) is 9.63. The van der Waals surface area contributed by atoms with Crippen molar-refractivity contribution in [2.75, 3.05) is 106 Å². The van der Waals surface area contributed by atoms with Crippen molar-refractivity contribution < 1.29 is 52.2 Å². The van der Waals surface area contributed by atoms with Crippen molar-refractivity contribution in [3.63, 3.8) is 0 Å². The number of rotatable bonds is 40. The van der Waals surface area contributed by atoms with Crippen molar-refractivity contribution in [3.05, 3.63) is 29.8 Å². The minimum atomic E-state index is -0.134. The Balaban J connectivity index is 1.67. The monoisotopic (exact) mass is 712 g/mol.